The van der Waals surface area contributed by atoms with Crippen LogP contribution in [-0.4, -0.2) is 70.2 Å². The van der Waals surface area contributed by atoms with Gasteiger partial charge in [-0.1, -0.05) is 70.0 Å². The zero-order chi connectivity index (χ0) is 31.8. The minimum atomic E-state index is 0.214. The van der Waals surface area contributed by atoms with E-state index in [1.807, 2.05) is 6.07 Å². The number of hydrogen-bond donors (Lipinski definition) is 3. The molecule has 1 unspecified atom stereocenters. The number of rotatable bonds is 15. The summed E-state index contributed by atoms with van der Waals surface area (Å²) in [4.78, 5) is 14.1. The molecule has 4 aromatic rings. The van der Waals surface area contributed by atoms with Crippen LogP contribution in [-0.2, 0) is 26.1 Å². The summed E-state index contributed by atoms with van der Waals surface area (Å²) in [5.74, 6) is 2.48. The number of methoxy groups -OCH3 is 1. The van der Waals surface area contributed by atoms with E-state index in [1.165, 1.54) is 29.5 Å². The summed E-state index contributed by atoms with van der Waals surface area (Å²) in [6.07, 6.45) is 6.44. The first-order chi connectivity index (χ1) is 21.8. The Kier molecular flexibility index (Phi) is 11.3. The Labute approximate surface area is 269 Å². The number of benzene rings is 2. The van der Waals surface area contributed by atoms with Gasteiger partial charge in [-0.2, -0.15) is 4.98 Å². The molecule has 1 aliphatic heterocycles. The monoisotopic (exact) mass is 612 g/mol. The molecule has 0 aliphatic carbocycles. The minimum Gasteiger partial charge on any atom is -0.496 e. The van der Waals surface area contributed by atoms with Gasteiger partial charge in [-0.25, -0.2) is 4.98 Å². The van der Waals surface area contributed by atoms with E-state index in [0.717, 1.165) is 86.8 Å². The summed E-state index contributed by atoms with van der Waals surface area (Å²) in [6.45, 7) is 14.3. The van der Waals surface area contributed by atoms with Gasteiger partial charge >= 0.3 is 0 Å². The van der Waals surface area contributed by atoms with Crippen molar-refractivity contribution < 1.29 is 4.74 Å². The Balaban J connectivity index is 1.17. The molecule has 9 heteroatoms. The van der Waals surface area contributed by atoms with E-state index in [2.05, 4.69) is 99.1 Å². The normalized spacial score (nSPS) is 15.2. The highest BCUT2D eigenvalue weighted by Crippen LogP contribution is 2.28. The van der Waals surface area contributed by atoms with Gasteiger partial charge in [0.05, 0.1) is 19.2 Å². The second kappa shape index (κ2) is 15.6. The van der Waals surface area contributed by atoms with Crippen molar-refractivity contribution in [2.24, 2.45) is 11.7 Å². The molecule has 0 radical (unpaired) electrons. The summed E-state index contributed by atoms with van der Waals surface area (Å²) < 4.78 is 8.07. The van der Waals surface area contributed by atoms with E-state index in [0.29, 0.717) is 12.5 Å². The maximum Gasteiger partial charge on any atom is 0.222 e. The van der Waals surface area contributed by atoms with Gasteiger partial charge in [0, 0.05) is 63.6 Å². The fraction of sp³-hybridized carbons (Fsp3) is 0.500. The molecule has 1 fully saturated rings. The Hall–Kier alpha value is -3.66. The van der Waals surface area contributed by atoms with Gasteiger partial charge in [0.15, 0.2) is 5.82 Å². The number of hydrogen-bond acceptors (Lipinski definition) is 8. The van der Waals surface area contributed by atoms with E-state index in [1.54, 1.807) is 7.11 Å². The first-order valence-corrected chi connectivity index (χ1v) is 16.6. The van der Waals surface area contributed by atoms with Crippen LogP contribution in [0, 0.1) is 5.92 Å². The SMILES string of the molecule is CCCCCNc1nc(N)nc2ccn(Cc3ccc(CN4CCN(Cc5ccc(CC(N)C(C)C)cc5)CC4)cc3OC)c12. The second-order valence-corrected chi connectivity index (χ2v) is 12.9. The number of unbranched alkanes of at least 4 members (excludes halogenated alkanes) is 2. The van der Waals surface area contributed by atoms with Crippen molar-refractivity contribution in [1.29, 1.82) is 0 Å². The van der Waals surface area contributed by atoms with E-state index < -0.39 is 0 Å². The van der Waals surface area contributed by atoms with Gasteiger partial charge in [0.25, 0.3) is 0 Å². The van der Waals surface area contributed by atoms with Crippen LogP contribution < -0.4 is 21.5 Å². The van der Waals surface area contributed by atoms with E-state index >= 15 is 0 Å². The summed E-state index contributed by atoms with van der Waals surface area (Å²) >= 11 is 0. The Morgan fingerprint density at radius 2 is 1.53 bits per heavy atom. The highest BCUT2D eigenvalue weighted by molar-refractivity contribution is 5.87. The average Bonchev–Trinajstić information content (AvgIpc) is 3.44. The van der Waals surface area contributed by atoms with Gasteiger partial charge in [-0.05, 0) is 47.6 Å². The highest BCUT2D eigenvalue weighted by atomic mass is 16.5. The van der Waals surface area contributed by atoms with Crippen LogP contribution in [0.25, 0.3) is 11.0 Å². The van der Waals surface area contributed by atoms with Crippen LogP contribution in [0.2, 0.25) is 0 Å². The maximum atomic E-state index is 6.27. The largest absolute Gasteiger partial charge is 0.496 e. The number of fused-ring (bicyclic) bond motifs is 1. The summed E-state index contributed by atoms with van der Waals surface area (Å²) in [7, 11) is 1.75. The van der Waals surface area contributed by atoms with Crippen molar-refractivity contribution in [3.63, 3.8) is 0 Å². The molecular weight excluding hydrogens is 560 g/mol. The number of nitrogens with zero attached hydrogens (tertiary/aromatic N) is 5. The number of piperazine rings is 1. The zero-order valence-electron chi connectivity index (χ0n) is 27.6. The smallest absolute Gasteiger partial charge is 0.222 e. The molecule has 1 atom stereocenters. The molecular formula is C36H52N8O. The van der Waals surface area contributed by atoms with E-state index in [9.17, 15) is 0 Å². The lowest BCUT2D eigenvalue weighted by Gasteiger charge is -2.34. The van der Waals surface area contributed by atoms with Gasteiger partial charge in [-0.15, -0.1) is 0 Å². The quantitative estimate of drug-likeness (QED) is 0.151. The Morgan fingerprint density at radius 3 is 2.20 bits per heavy atom. The van der Waals surface area contributed by atoms with Crippen LogP contribution in [0.5, 0.6) is 5.75 Å². The number of ether oxygens (including phenoxy) is 1. The third kappa shape index (κ3) is 8.75. The first-order valence-electron chi connectivity index (χ1n) is 16.6. The van der Waals surface area contributed by atoms with Gasteiger partial charge in [0.2, 0.25) is 5.95 Å². The topological polar surface area (TPSA) is 110 Å². The molecule has 1 aliphatic rings. The molecule has 45 heavy (non-hydrogen) atoms. The van der Waals surface area contributed by atoms with Crippen molar-refractivity contribution in [2.75, 3.05) is 50.9 Å². The van der Waals surface area contributed by atoms with Crippen molar-refractivity contribution >= 4 is 22.8 Å². The van der Waals surface area contributed by atoms with Crippen molar-refractivity contribution in [2.45, 2.75) is 72.1 Å². The second-order valence-electron chi connectivity index (χ2n) is 12.9. The zero-order valence-corrected chi connectivity index (χ0v) is 27.6. The summed E-state index contributed by atoms with van der Waals surface area (Å²) in [5, 5.41) is 3.49. The molecule has 0 saturated carbocycles. The fourth-order valence-electron chi connectivity index (χ4n) is 6.07. The van der Waals surface area contributed by atoms with Crippen LogP contribution in [0.15, 0.2) is 54.7 Å². The molecule has 5 N–H and O–H groups in total. The Morgan fingerprint density at radius 1 is 0.867 bits per heavy atom. The van der Waals surface area contributed by atoms with Crippen LogP contribution in [0.3, 0.4) is 0 Å². The maximum absolute atomic E-state index is 6.27. The lowest BCUT2D eigenvalue weighted by atomic mass is 9.97. The Bertz CT molecular complexity index is 1510. The third-order valence-corrected chi connectivity index (χ3v) is 9.02. The molecule has 9 nitrogen and oxygen atoms in total. The third-order valence-electron chi connectivity index (χ3n) is 9.02. The highest BCUT2D eigenvalue weighted by Gasteiger charge is 2.19. The molecule has 0 bridgehead atoms. The van der Waals surface area contributed by atoms with Crippen LogP contribution in [0.4, 0.5) is 11.8 Å². The molecule has 2 aromatic heterocycles. The summed E-state index contributed by atoms with van der Waals surface area (Å²) in [6, 6.07) is 17.9. The van der Waals surface area contributed by atoms with Crippen LogP contribution >= 0.6 is 0 Å². The average molecular weight is 613 g/mol. The standard InChI is InChI=1S/C36H52N8O/c1-5-6-7-15-39-35-34-32(40-36(38)41-35)14-16-44(34)25-30-13-12-29(22-33(30)45-4)24-43-19-17-42(18-20-43)23-28-10-8-27(9-11-28)21-31(37)26(2)3/h8-14,16,22,26,31H,5-7,15,17-21,23-25,37H2,1-4H3,(H3,38,39,40,41). The minimum absolute atomic E-state index is 0.214. The molecule has 5 rings (SSSR count). The first kappa shape index (κ1) is 32.7. The van der Waals surface area contributed by atoms with Crippen molar-refractivity contribution in [3.8, 4) is 5.75 Å². The molecule has 0 spiro atoms. The fourth-order valence-corrected chi connectivity index (χ4v) is 6.07. The lowest BCUT2D eigenvalue weighted by Crippen LogP contribution is -2.45. The number of nitrogen functional groups attached to an aromatic ring is 1. The predicted molar refractivity (Wildman–Crippen MR) is 186 cm³/mol. The van der Waals surface area contributed by atoms with E-state index in [4.69, 9.17) is 16.2 Å². The van der Waals surface area contributed by atoms with E-state index in [-0.39, 0.29) is 12.0 Å². The lowest BCUT2D eigenvalue weighted by molar-refractivity contribution is 0.122. The number of aromatic nitrogens is 3. The summed E-state index contributed by atoms with van der Waals surface area (Å²) in [5.41, 5.74) is 19.2. The molecule has 242 valence electrons. The van der Waals surface area contributed by atoms with Gasteiger partial charge < -0.3 is 26.1 Å². The van der Waals surface area contributed by atoms with Crippen LogP contribution in [0.1, 0.15) is 62.3 Å². The molecule has 2 aromatic carbocycles. The molecule has 3 heterocycles. The van der Waals surface area contributed by atoms with Crippen molar-refractivity contribution in [1.82, 2.24) is 24.3 Å². The number of nitrogens with two attached hydrogens (primary N) is 2. The van der Waals surface area contributed by atoms with Crippen molar-refractivity contribution in [3.05, 3.63) is 77.0 Å². The predicted octanol–water partition coefficient (Wildman–Crippen LogP) is 5.52. The number of anilines is 2. The molecule has 0 amide bonds. The molecule has 1 saturated heterocycles. The van der Waals surface area contributed by atoms with Gasteiger partial charge in [-0.3, -0.25) is 9.80 Å². The number of nitrogens with one attached hydrogen (secondary N) is 1. The van der Waals surface area contributed by atoms with Gasteiger partial charge in [0.1, 0.15) is 11.3 Å².